The molecule has 1 aromatic carbocycles. The molecule has 0 bridgehead atoms. The Bertz CT molecular complexity index is 609. The van der Waals surface area contributed by atoms with Gasteiger partial charge in [0.25, 0.3) is 0 Å². The molecule has 1 aliphatic carbocycles. The second kappa shape index (κ2) is 10.4. The number of hydrogen-bond acceptors (Lipinski definition) is 3. The van der Waals surface area contributed by atoms with E-state index in [1.165, 1.54) is 6.42 Å². The smallest absolute Gasteiger partial charge is 0.341 e. The van der Waals surface area contributed by atoms with Gasteiger partial charge in [0.05, 0.1) is 19.1 Å². The van der Waals surface area contributed by atoms with E-state index in [0.29, 0.717) is 12.1 Å². The molecule has 1 saturated carbocycles. The summed E-state index contributed by atoms with van der Waals surface area (Å²) in [6.07, 6.45) is 5.42. The van der Waals surface area contributed by atoms with Crippen LogP contribution in [0.25, 0.3) is 0 Å². The van der Waals surface area contributed by atoms with Crippen molar-refractivity contribution in [3.05, 3.63) is 35.9 Å². The van der Waals surface area contributed by atoms with E-state index in [-0.39, 0.29) is 12.5 Å². The van der Waals surface area contributed by atoms with Crippen LogP contribution in [0.3, 0.4) is 0 Å². The molecule has 1 unspecified atom stereocenters. The molecule has 4 nitrogen and oxygen atoms in total. The van der Waals surface area contributed by atoms with Crippen molar-refractivity contribution in [1.29, 1.82) is 0 Å². The topological polar surface area (TPSA) is 49.8 Å². The SMILES string of the molecule is CCN(CC)CC#CCC(OC1CCCCC1)(C(=O)O)c1ccccc1. The standard InChI is InChI=1S/C22H31NO3/c1-3-23(4-2)18-12-11-17-22(21(24)25,19-13-7-5-8-14-19)26-20-15-9-6-10-16-20/h5,7-8,13-14,20H,3-4,6,9-10,15-18H2,1-2H3,(H,24,25). The molecule has 1 aliphatic rings. The third-order valence-electron chi connectivity index (χ3n) is 5.17. The summed E-state index contributed by atoms with van der Waals surface area (Å²) < 4.78 is 6.27. The average molecular weight is 357 g/mol. The van der Waals surface area contributed by atoms with Gasteiger partial charge in [-0.15, -0.1) is 0 Å². The van der Waals surface area contributed by atoms with Crippen LogP contribution in [0, 0.1) is 11.8 Å². The Labute approximate surface area is 157 Å². The predicted octanol–water partition coefficient (Wildman–Crippen LogP) is 4.05. The van der Waals surface area contributed by atoms with Gasteiger partial charge in [-0.3, -0.25) is 4.90 Å². The Morgan fingerprint density at radius 3 is 2.38 bits per heavy atom. The largest absolute Gasteiger partial charge is 0.479 e. The van der Waals surface area contributed by atoms with Gasteiger partial charge < -0.3 is 9.84 Å². The van der Waals surface area contributed by atoms with E-state index in [1.54, 1.807) is 0 Å². The maximum Gasteiger partial charge on any atom is 0.341 e. The molecule has 26 heavy (non-hydrogen) atoms. The molecule has 0 aliphatic heterocycles. The lowest BCUT2D eigenvalue weighted by Gasteiger charge is -2.34. The van der Waals surface area contributed by atoms with Crippen molar-refractivity contribution in [2.24, 2.45) is 0 Å². The maximum absolute atomic E-state index is 12.3. The Balaban J connectivity index is 2.24. The predicted molar refractivity (Wildman–Crippen MR) is 104 cm³/mol. The van der Waals surface area contributed by atoms with Gasteiger partial charge in [-0.2, -0.15) is 0 Å². The number of carboxylic acids is 1. The molecular weight excluding hydrogens is 326 g/mol. The van der Waals surface area contributed by atoms with E-state index in [4.69, 9.17) is 4.74 Å². The minimum Gasteiger partial charge on any atom is -0.479 e. The highest BCUT2D eigenvalue weighted by atomic mass is 16.5. The number of rotatable bonds is 8. The van der Waals surface area contributed by atoms with Crippen molar-refractivity contribution < 1.29 is 14.6 Å². The minimum absolute atomic E-state index is 0.00959. The Morgan fingerprint density at radius 2 is 1.81 bits per heavy atom. The fourth-order valence-corrected chi connectivity index (χ4v) is 3.44. The van der Waals surface area contributed by atoms with Crippen molar-refractivity contribution in [1.82, 2.24) is 4.90 Å². The van der Waals surface area contributed by atoms with Crippen LogP contribution in [0.2, 0.25) is 0 Å². The lowest BCUT2D eigenvalue weighted by atomic mass is 9.88. The first-order valence-electron chi connectivity index (χ1n) is 9.77. The van der Waals surface area contributed by atoms with Crippen LogP contribution in [-0.4, -0.2) is 41.7 Å². The van der Waals surface area contributed by atoms with Gasteiger partial charge in [0.15, 0.2) is 0 Å². The first kappa shape index (κ1) is 20.5. The van der Waals surface area contributed by atoms with Gasteiger partial charge in [0.1, 0.15) is 0 Å². The molecular formula is C22H31NO3. The lowest BCUT2D eigenvalue weighted by molar-refractivity contribution is -0.178. The van der Waals surface area contributed by atoms with Crippen LogP contribution < -0.4 is 0 Å². The molecule has 2 rings (SSSR count). The number of benzene rings is 1. The number of ether oxygens (including phenoxy) is 1. The van der Waals surface area contributed by atoms with E-state index >= 15 is 0 Å². The average Bonchev–Trinajstić information content (AvgIpc) is 2.68. The summed E-state index contributed by atoms with van der Waals surface area (Å²) in [4.78, 5) is 14.5. The molecule has 1 aromatic rings. The van der Waals surface area contributed by atoms with Gasteiger partial charge in [-0.05, 0) is 31.5 Å². The summed E-state index contributed by atoms with van der Waals surface area (Å²) in [6, 6.07) is 9.29. The van der Waals surface area contributed by atoms with E-state index in [2.05, 4.69) is 30.6 Å². The summed E-state index contributed by atoms with van der Waals surface area (Å²) in [5.41, 5.74) is -0.713. The van der Waals surface area contributed by atoms with E-state index in [1.807, 2.05) is 30.3 Å². The van der Waals surface area contributed by atoms with E-state index < -0.39 is 11.6 Å². The molecule has 0 radical (unpaired) electrons. The van der Waals surface area contributed by atoms with Crippen molar-refractivity contribution in [2.45, 2.75) is 64.1 Å². The van der Waals surface area contributed by atoms with Gasteiger partial charge in [0, 0.05) is 0 Å². The fourth-order valence-electron chi connectivity index (χ4n) is 3.44. The number of carboxylic acid groups (broad SMARTS) is 1. The molecule has 1 N–H and O–H groups in total. The highest BCUT2D eigenvalue weighted by Gasteiger charge is 2.43. The third kappa shape index (κ3) is 5.33. The van der Waals surface area contributed by atoms with Crippen LogP contribution in [0.4, 0.5) is 0 Å². The van der Waals surface area contributed by atoms with E-state index in [9.17, 15) is 9.90 Å². The summed E-state index contributed by atoms with van der Waals surface area (Å²) in [5, 5.41) is 10.1. The van der Waals surface area contributed by atoms with Crippen LogP contribution in [-0.2, 0) is 15.1 Å². The van der Waals surface area contributed by atoms with E-state index in [0.717, 1.165) is 38.8 Å². The highest BCUT2D eigenvalue weighted by Crippen LogP contribution is 2.35. The maximum atomic E-state index is 12.3. The second-order valence-corrected chi connectivity index (χ2v) is 6.87. The summed E-state index contributed by atoms with van der Waals surface area (Å²) >= 11 is 0. The number of hydrogen-bond donors (Lipinski definition) is 1. The van der Waals surface area contributed by atoms with Crippen molar-refractivity contribution in [3.8, 4) is 11.8 Å². The monoisotopic (exact) mass is 357 g/mol. The van der Waals surface area contributed by atoms with Gasteiger partial charge in [0.2, 0.25) is 5.60 Å². The Kier molecular flexibility index (Phi) is 8.15. The summed E-state index contributed by atoms with van der Waals surface area (Å²) in [5.74, 6) is 5.28. The fraction of sp³-hybridized carbons (Fsp3) is 0.591. The Hall–Kier alpha value is -1.83. The zero-order valence-electron chi connectivity index (χ0n) is 16.0. The molecule has 142 valence electrons. The molecule has 0 amide bonds. The van der Waals surface area contributed by atoms with Gasteiger partial charge >= 0.3 is 5.97 Å². The van der Waals surface area contributed by atoms with Crippen LogP contribution in [0.5, 0.6) is 0 Å². The molecule has 1 atom stereocenters. The number of aliphatic carboxylic acids is 1. The normalized spacial score (nSPS) is 17.3. The van der Waals surface area contributed by atoms with Crippen LogP contribution in [0.15, 0.2) is 30.3 Å². The lowest BCUT2D eigenvalue weighted by Crippen LogP contribution is -2.42. The summed E-state index contributed by atoms with van der Waals surface area (Å²) in [6.45, 7) is 6.73. The molecule has 0 heterocycles. The van der Waals surface area contributed by atoms with Crippen LogP contribution >= 0.6 is 0 Å². The summed E-state index contributed by atoms with van der Waals surface area (Å²) in [7, 11) is 0. The zero-order chi connectivity index (χ0) is 18.8. The second-order valence-electron chi connectivity index (χ2n) is 6.87. The first-order chi connectivity index (χ1) is 12.6. The Morgan fingerprint density at radius 1 is 1.15 bits per heavy atom. The quantitative estimate of drug-likeness (QED) is 0.713. The molecule has 0 aromatic heterocycles. The number of nitrogens with zero attached hydrogens (tertiary/aromatic N) is 1. The highest BCUT2D eigenvalue weighted by molar-refractivity contribution is 5.80. The zero-order valence-corrected chi connectivity index (χ0v) is 16.0. The van der Waals surface area contributed by atoms with Crippen molar-refractivity contribution >= 4 is 5.97 Å². The minimum atomic E-state index is -1.39. The van der Waals surface area contributed by atoms with Gasteiger partial charge in [-0.25, -0.2) is 4.79 Å². The van der Waals surface area contributed by atoms with Crippen molar-refractivity contribution in [2.75, 3.05) is 19.6 Å². The third-order valence-corrected chi connectivity index (χ3v) is 5.17. The first-order valence-corrected chi connectivity index (χ1v) is 9.77. The van der Waals surface area contributed by atoms with Crippen LogP contribution in [0.1, 0.15) is 57.9 Å². The van der Waals surface area contributed by atoms with Crippen molar-refractivity contribution in [3.63, 3.8) is 0 Å². The molecule has 0 spiro atoms. The molecule has 4 heteroatoms. The molecule has 1 fully saturated rings. The van der Waals surface area contributed by atoms with Gasteiger partial charge in [-0.1, -0.05) is 75.3 Å². The number of carbonyl (C=O) groups is 1. The molecule has 0 saturated heterocycles.